The lowest BCUT2D eigenvalue weighted by Crippen LogP contribution is -2.45. The Morgan fingerprint density at radius 1 is 1.09 bits per heavy atom. The number of nitrogens with zero attached hydrogens (tertiary/aromatic N) is 3. The summed E-state index contributed by atoms with van der Waals surface area (Å²) in [5, 5.41) is 10.3. The number of rotatable bonds is 9. The van der Waals surface area contributed by atoms with Gasteiger partial charge in [-0.05, 0) is 72.3 Å². The first-order valence-electron chi connectivity index (χ1n) is 13.9. The van der Waals surface area contributed by atoms with Crippen LogP contribution in [0.3, 0.4) is 0 Å². The number of para-hydroxylation sites is 1. The number of carbonyl (C=O) groups is 1. The van der Waals surface area contributed by atoms with E-state index in [2.05, 4.69) is 14.1 Å². The first-order valence-corrected chi connectivity index (χ1v) is 15.8. The van der Waals surface area contributed by atoms with Crippen LogP contribution in [0, 0.1) is 5.82 Å². The maximum Gasteiger partial charge on any atom is 0.573 e. The van der Waals surface area contributed by atoms with Crippen molar-refractivity contribution >= 4 is 55.8 Å². The molecule has 0 spiro atoms. The van der Waals surface area contributed by atoms with Crippen molar-refractivity contribution in [3.8, 4) is 22.8 Å². The standard InChI is InChI=1S/C31H22ClF4N3O4S2/c32-22-11-18(7-8-19(22)17-12-39(13-17)30-37-27-23(33)9-16(29(40)41)10-25(27)44-30)42-14-21-26(38-45-28(21)15-5-6-15)20-3-1-2-4-24(20)43-31(34,35)36/h1-4,7-11,15,17H,5-6,12-14H2,(H,40,41). The number of benzene rings is 3. The molecule has 232 valence electrons. The van der Waals surface area contributed by atoms with Gasteiger partial charge in [-0.25, -0.2) is 14.2 Å². The number of carboxylic acids is 1. The number of thiazole rings is 1. The molecule has 0 unspecified atom stereocenters. The van der Waals surface area contributed by atoms with Gasteiger partial charge in [-0.3, -0.25) is 0 Å². The Morgan fingerprint density at radius 2 is 1.87 bits per heavy atom. The van der Waals surface area contributed by atoms with Crippen molar-refractivity contribution < 1.29 is 36.9 Å². The van der Waals surface area contributed by atoms with Gasteiger partial charge in [0.15, 0.2) is 10.9 Å². The first kappa shape index (κ1) is 29.8. The van der Waals surface area contributed by atoms with E-state index >= 15 is 0 Å². The van der Waals surface area contributed by atoms with Crippen LogP contribution in [0.4, 0.5) is 22.7 Å². The maximum absolute atomic E-state index is 14.4. The number of hydrogen-bond acceptors (Lipinski definition) is 8. The second-order valence-electron chi connectivity index (χ2n) is 10.9. The summed E-state index contributed by atoms with van der Waals surface area (Å²) in [6.07, 6.45) is -2.86. The molecule has 1 aliphatic heterocycles. The highest BCUT2D eigenvalue weighted by Gasteiger charge is 2.35. The second kappa shape index (κ2) is 11.5. The van der Waals surface area contributed by atoms with Crippen molar-refractivity contribution in [3.05, 3.63) is 87.0 Å². The zero-order chi connectivity index (χ0) is 31.5. The predicted octanol–water partition coefficient (Wildman–Crippen LogP) is 8.87. The molecule has 0 radical (unpaired) electrons. The van der Waals surface area contributed by atoms with Crippen LogP contribution in [0.2, 0.25) is 5.02 Å². The smallest absolute Gasteiger partial charge is 0.489 e. The van der Waals surface area contributed by atoms with Crippen molar-refractivity contribution in [2.45, 2.75) is 37.6 Å². The molecule has 0 bridgehead atoms. The van der Waals surface area contributed by atoms with Gasteiger partial charge in [0.2, 0.25) is 0 Å². The number of fused-ring (bicyclic) bond motifs is 1. The molecule has 1 saturated heterocycles. The van der Waals surface area contributed by atoms with Gasteiger partial charge < -0.3 is 19.5 Å². The zero-order valence-corrected chi connectivity index (χ0v) is 25.5. The van der Waals surface area contributed by atoms with Crippen molar-refractivity contribution in [1.29, 1.82) is 0 Å². The number of aromatic nitrogens is 2. The summed E-state index contributed by atoms with van der Waals surface area (Å²) in [6, 6.07) is 13.8. The summed E-state index contributed by atoms with van der Waals surface area (Å²) < 4.78 is 69.1. The molecule has 7 nitrogen and oxygen atoms in total. The van der Waals surface area contributed by atoms with E-state index in [1.54, 1.807) is 24.3 Å². The van der Waals surface area contributed by atoms with Crippen LogP contribution in [0.5, 0.6) is 11.5 Å². The lowest BCUT2D eigenvalue weighted by molar-refractivity contribution is -0.274. The molecule has 1 N–H and O–H groups in total. The van der Waals surface area contributed by atoms with E-state index in [0.29, 0.717) is 45.3 Å². The molecular formula is C31H22ClF4N3O4S2. The Labute approximate surface area is 266 Å². The third-order valence-electron chi connectivity index (χ3n) is 7.77. The normalized spacial score (nSPS) is 15.4. The van der Waals surface area contributed by atoms with E-state index in [9.17, 15) is 27.5 Å². The molecule has 2 aromatic heterocycles. The minimum atomic E-state index is -4.84. The Balaban J connectivity index is 1.06. The lowest BCUT2D eigenvalue weighted by atomic mass is 9.92. The molecule has 3 heterocycles. The molecule has 7 rings (SSSR count). The maximum atomic E-state index is 14.4. The highest BCUT2D eigenvalue weighted by Crippen LogP contribution is 2.48. The van der Waals surface area contributed by atoms with Gasteiger partial charge in [0.1, 0.15) is 23.6 Å². The highest BCUT2D eigenvalue weighted by molar-refractivity contribution is 7.22. The van der Waals surface area contributed by atoms with Crippen molar-refractivity contribution in [1.82, 2.24) is 9.36 Å². The molecule has 2 fully saturated rings. The second-order valence-corrected chi connectivity index (χ2v) is 13.1. The van der Waals surface area contributed by atoms with Gasteiger partial charge in [-0.15, -0.1) is 13.2 Å². The van der Waals surface area contributed by atoms with Gasteiger partial charge in [0.05, 0.1) is 16.0 Å². The van der Waals surface area contributed by atoms with Gasteiger partial charge in [0.25, 0.3) is 0 Å². The Bertz CT molecular complexity index is 1940. The van der Waals surface area contributed by atoms with Crippen LogP contribution in [-0.2, 0) is 6.61 Å². The van der Waals surface area contributed by atoms with E-state index < -0.39 is 18.1 Å². The van der Waals surface area contributed by atoms with Crippen molar-refractivity contribution in [2.75, 3.05) is 18.0 Å². The Morgan fingerprint density at radius 3 is 2.58 bits per heavy atom. The fourth-order valence-electron chi connectivity index (χ4n) is 5.37. The van der Waals surface area contributed by atoms with Gasteiger partial charge in [0, 0.05) is 40.0 Å². The average Bonchev–Trinajstić information content (AvgIpc) is 3.57. The molecule has 45 heavy (non-hydrogen) atoms. The molecule has 0 atom stereocenters. The number of alkyl halides is 3. The SMILES string of the molecule is O=C(O)c1cc(F)c2nc(N3CC(c4ccc(OCc5c(-c6ccccc6OC(F)(F)F)nsc5C5CC5)cc4Cl)C3)sc2c1. The molecule has 2 aliphatic rings. The zero-order valence-electron chi connectivity index (χ0n) is 23.1. The number of carboxylic acid groups (broad SMARTS) is 1. The third-order valence-corrected chi connectivity index (χ3v) is 10.2. The number of anilines is 1. The molecule has 0 amide bonds. The minimum Gasteiger partial charge on any atom is -0.489 e. The monoisotopic (exact) mass is 675 g/mol. The van der Waals surface area contributed by atoms with Crippen LogP contribution in [-0.4, -0.2) is 39.9 Å². The molecule has 3 aromatic carbocycles. The van der Waals surface area contributed by atoms with Crippen LogP contribution in [0.25, 0.3) is 21.5 Å². The van der Waals surface area contributed by atoms with Crippen molar-refractivity contribution in [2.24, 2.45) is 0 Å². The predicted molar refractivity (Wildman–Crippen MR) is 163 cm³/mol. The average molecular weight is 676 g/mol. The first-order chi connectivity index (χ1) is 21.5. The number of aromatic carboxylic acids is 1. The Kier molecular flexibility index (Phi) is 7.57. The van der Waals surface area contributed by atoms with E-state index in [-0.39, 0.29) is 34.9 Å². The summed E-state index contributed by atoms with van der Waals surface area (Å²) in [7, 11) is 0. The van der Waals surface area contributed by atoms with Gasteiger partial charge in [-0.2, -0.15) is 4.37 Å². The summed E-state index contributed by atoms with van der Waals surface area (Å²) in [4.78, 5) is 18.6. The molecular weight excluding hydrogens is 654 g/mol. The van der Waals surface area contributed by atoms with Crippen LogP contribution >= 0.6 is 34.5 Å². The molecule has 14 heteroatoms. The fourth-order valence-corrected chi connectivity index (χ4v) is 7.78. The van der Waals surface area contributed by atoms with Crippen LogP contribution in [0.1, 0.15) is 51.0 Å². The highest BCUT2D eigenvalue weighted by atomic mass is 35.5. The molecule has 1 saturated carbocycles. The Hall–Kier alpha value is -3.94. The third kappa shape index (κ3) is 6.03. The van der Waals surface area contributed by atoms with E-state index in [0.717, 1.165) is 34.9 Å². The summed E-state index contributed by atoms with van der Waals surface area (Å²) >= 11 is 9.19. The van der Waals surface area contributed by atoms with Gasteiger partial charge >= 0.3 is 12.3 Å². The van der Waals surface area contributed by atoms with Gasteiger partial charge in [-0.1, -0.05) is 41.1 Å². The van der Waals surface area contributed by atoms with Crippen molar-refractivity contribution in [3.63, 3.8) is 0 Å². The lowest BCUT2D eigenvalue weighted by Gasteiger charge is -2.39. The van der Waals surface area contributed by atoms with Crippen LogP contribution < -0.4 is 14.4 Å². The number of halogens is 5. The quantitative estimate of drug-likeness (QED) is 0.156. The molecule has 1 aliphatic carbocycles. The van der Waals surface area contributed by atoms with E-state index in [4.69, 9.17) is 16.3 Å². The molecule has 5 aromatic rings. The minimum absolute atomic E-state index is 0.0947. The summed E-state index contributed by atoms with van der Waals surface area (Å²) in [5.74, 6) is -1.28. The van der Waals surface area contributed by atoms with E-state index in [1.807, 2.05) is 11.0 Å². The number of hydrogen-bond donors (Lipinski definition) is 1. The number of ether oxygens (including phenoxy) is 2. The topological polar surface area (TPSA) is 84.8 Å². The van der Waals surface area contributed by atoms with E-state index in [1.165, 1.54) is 41.1 Å². The summed E-state index contributed by atoms with van der Waals surface area (Å²) in [5.41, 5.74) is 2.33. The largest absolute Gasteiger partial charge is 0.573 e. The fraction of sp³-hybridized carbons (Fsp3) is 0.258. The summed E-state index contributed by atoms with van der Waals surface area (Å²) in [6.45, 7) is 1.30. The van der Waals surface area contributed by atoms with Crippen LogP contribution in [0.15, 0.2) is 54.6 Å².